The number of carboxylic acids is 1. The molecule has 1 saturated heterocycles. The third-order valence-electron chi connectivity index (χ3n) is 2.29. The van der Waals surface area contributed by atoms with E-state index >= 15 is 0 Å². The van der Waals surface area contributed by atoms with Crippen molar-refractivity contribution in [3.8, 4) is 0 Å². The Morgan fingerprint density at radius 1 is 1.53 bits per heavy atom. The number of rotatable bonds is 3. The smallest absolute Gasteiger partial charge is 0.305 e. The van der Waals surface area contributed by atoms with Crippen molar-refractivity contribution in [2.45, 2.75) is 12.0 Å². The van der Waals surface area contributed by atoms with E-state index in [4.69, 9.17) is 5.11 Å². The van der Waals surface area contributed by atoms with Crippen LogP contribution in [0.25, 0.3) is 0 Å². The molecule has 0 saturated carbocycles. The van der Waals surface area contributed by atoms with Crippen LogP contribution < -0.4 is 5.32 Å². The molecule has 0 aromatic carbocycles. The fourth-order valence-corrected chi connectivity index (χ4v) is 1.52. The summed E-state index contributed by atoms with van der Waals surface area (Å²) in [6, 6.07) is 0. The van der Waals surface area contributed by atoms with E-state index < -0.39 is 11.5 Å². The highest BCUT2D eigenvalue weighted by atomic mass is 35.5. The van der Waals surface area contributed by atoms with Gasteiger partial charge in [-0.25, -0.2) is 9.67 Å². The molecule has 1 aliphatic heterocycles. The minimum absolute atomic E-state index is 0. The molecule has 0 atom stereocenters. The Hall–Kier alpha value is -0.850. The highest BCUT2D eigenvalue weighted by Crippen LogP contribution is 2.24. The molecular formula is C7H12Cl2N4O2. The topological polar surface area (TPSA) is 80.0 Å². The lowest BCUT2D eigenvalue weighted by Crippen LogP contribution is -2.61. The van der Waals surface area contributed by atoms with Gasteiger partial charge >= 0.3 is 5.97 Å². The molecule has 0 amide bonds. The Balaban J connectivity index is 0.000000980. The van der Waals surface area contributed by atoms with Crippen LogP contribution in [0.15, 0.2) is 12.7 Å². The molecule has 0 radical (unpaired) electrons. The maximum Gasteiger partial charge on any atom is 0.305 e. The van der Waals surface area contributed by atoms with Crippen molar-refractivity contribution in [2.24, 2.45) is 0 Å². The zero-order chi connectivity index (χ0) is 9.31. The van der Waals surface area contributed by atoms with E-state index in [-0.39, 0.29) is 31.2 Å². The first-order valence-corrected chi connectivity index (χ1v) is 4.01. The highest BCUT2D eigenvalue weighted by molar-refractivity contribution is 5.85. The number of hydrogen-bond acceptors (Lipinski definition) is 4. The fraction of sp³-hybridized carbons (Fsp3) is 0.571. The maximum absolute atomic E-state index is 10.6. The molecule has 1 aromatic heterocycles. The van der Waals surface area contributed by atoms with Crippen LogP contribution in [0.5, 0.6) is 0 Å². The first-order chi connectivity index (χ1) is 6.23. The molecule has 2 N–H and O–H groups in total. The SMILES string of the molecule is Cl.Cl.O=C(O)CC1(n2cncn2)CNC1. The van der Waals surface area contributed by atoms with Gasteiger partial charge in [0.15, 0.2) is 0 Å². The molecule has 1 aliphatic rings. The number of carboxylic acid groups (broad SMARTS) is 1. The van der Waals surface area contributed by atoms with Crippen LogP contribution in [-0.2, 0) is 10.3 Å². The van der Waals surface area contributed by atoms with Gasteiger partial charge < -0.3 is 10.4 Å². The zero-order valence-electron chi connectivity index (χ0n) is 7.79. The second-order valence-electron chi connectivity index (χ2n) is 3.24. The van der Waals surface area contributed by atoms with Crippen LogP contribution in [0.3, 0.4) is 0 Å². The van der Waals surface area contributed by atoms with E-state index in [0.29, 0.717) is 13.1 Å². The van der Waals surface area contributed by atoms with E-state index in [1.807, 2.05) is 0 Å². The van der Waals surface area contributed by atoms with Gasteiger partial charge in [-0.1, -0.05) is 0 Å². The molecule has 0 aliphatic carbocycles. The van der Waals surface area contributed by atoms with E-state index in [2.05, 4.69) is 15.4 Å². The number of nitrogens with one attached hydrogen (secondary N) is 1. The first-order valence-electron chi connectivity index (χ1n) is 4.01. The minimum atomic E-state index is -0.808. The monoisotopic (exact) mass is 254 g/mol. The lowest BCUT2D eigenvalue weighted by molar-refractivity contribution is -0.140. The molecule has 0 unspecified atom stereocenters. The molecule has 15 heavy (non-hydrogen) atoms. The third-order valence-corrected chi connectivity index (χ3v) is 2.29. The van der Waals surface area contributed by atoms with Gasteiger partial charge in [0.1, 0.15) is 12.7 Å². The summed E-state index contributed by atoms with van der Waals surface area (Å²) in [6.07, 6.45) is 3.06. The van der Waals surface area contributed by atoms with Crippen molar-refractivity contribution in [2.75, 3.05) is 13.1 Å². The quantitative estimate of drug-likeness (QED) is 0.788. The van der Waals surface area contributed by atoms with Crippen molar-refractivity contribution >= 4 is 30.8 Å². The summed E-state index contributed by atoms with van der Waals surface area (Å²) in [5, 5.41) is 15.7. The van der Waals surface area contributed by atoms with Crippen molar-refractivity contribution in [3.05, 3.63) is 12.7 Å². The van der Waals surface area contributed by atoms with E-state index in [0.717, 1.165) is 0 Å². The molecule has 2 heterocycles. The second kappa shape index (κ2) is 5.29. The summed E-state index contributed by atoms with van der Waals surface area (Å²) in [6.45, 7) is 1.28. The average molecular weight is 255 g/mol. The summed E-state index contributed by atoms with van der Waals surface area (Å²) < 4.78 is 1.62. The predicted octanol–water partition coefficient (Wildman–Crippen LogP) is -0.105. The first kappa shape index (κ1) is 14.2. The normalized spacial score (nSPS) is 16.8. The second-order valence-corrected chi connectivity index (χ2v) is 3.24. The van der Waals surface area contributed by atoms with Crippen LogP contribution in [0.4, 0.5) is 0 Å². The van der Waals surface area contributed by atoms with Gasteiger partial charge in [0.25, 0.3) is 0 Å². The number of aliphatic carboxylic acids is 1. The van der Waals surface area contributed by atoms with E-state index in [1.165, 1.54) is 6.33 Å². The molecule has 8 heteroatoms. The Morgan fingerprint density at radius 3 is 2.53 bits per heavy atom. The van der Waals surface area contributed by atoms with Crippen molar-refractivity contribution in [1.29, 1.82) is 0 Å². The van der Waals surface area contributed by atoms with Crippen LogP contribution >= 0.6 is 24.8 Å². The largest absolute Gasteiger partial charge is 0.481 e. The average Bonchev–Trinajstić information content (AvgIpc) is 2.48. The molecule has 6 nitrogen and oxygen atoms in total. The van der Waals surface area contributed by atoms with E-state index in [9.17, 15) is 4.79 Å². The van der Waals surface area contributed by atoms with Gasteiger partial charge in [-0.15, -0.1) is 24.8 Å². The molecule has 1 aromatic rings. The predicted molar refractivity (Wildman–Crippen MR) is 57.6 cm³/mol. The number of nitrogens with zero attached hydrogens (tertiary/aromatic N) is 3. The maximum atomic E-state index is 10.6. The number of aromatic nitrogens is 3. The van der Waals surface area contributed by atoms with Crippen LogP contribution in [0.1, 0.15) is 6.42 Å². The van der Waals surface area contributed by atoms with Gasteiger partial charge in [0.05, 0.1) is 12.0 Å². The summed E-state index contributed by atoms with van der Waals surface area (Å²) >= 11 is 0. The number of hydrogen-bond donors (Lipinski definition) is 2. The van der Waals surface area contributed by atoms with Gasteiger partial charge in [-0.2, -0.15) is 5.10 Å². The Labute approximate surface area is 98.9 Å². The van der Waals surface area contributed by atoms with Crippen molar-refractivity contribution < 1.29 is 9.90 Å². The Kier molecular flexibility index (Phi) is 4.99. The van der Waals surface area contributed by atoms with Crippen LogP contribution in [-0.4, -0.2) is 38.9 Å². The summed E-state index contributed by atoms with van der Waals surface area (Å²) in [5.41, 5.74) is -0.400. The van der Waals surface area contributed by atoms with Gasteiger partial charge in [-0.05, 0) is 0 Å². The molecule has 86 valence electrons. The highest BCUT2D eigenvalue weighted by Gasteiger charge is 2.41. The summed E-state index contributed by atoms with van der Waals surface area (Å²) in [7, 11) is 0. The van der Waals surface area contributed by atoms with Gasteiger partial charge in [-0.3, -0.25) is 4.79 Å². The van der Waals surface area contributed by atoms with E-state index in [1.54, 1.807) is 11.0 Å². The molecule has 2 rings (SSSR count). The third kappa shape index (κ3) is 2.58. The zero-order valence-corrected chi connectivity index (χ0v) is 9.42. The lowest BCUT2D eigenvalue weighted by Gasteiger charge is -2.41. The lowest BCUT2D eigenvalue weighted by atomic mass is 9.89. The summed E-state index contributed by atoms with van der Waals surface area (Å²) in [4.78, 5) is 14.4. The molecule has 1 fully saturated rings. The number of halogens is 2. The molecule has 0 spiro atoms. The van der Waals surface area contributed by atoms with Crippen LogP contribution in [0.2, 0.25) is 0 Å². The minimum Gasteiger partial charge on any atom is -0.481 e. The van der Waals surface area contributed by atoms with Crippen LogP contribution in [0, 0.1) is 0 Å². The summed E-state index contributed by atoms with van der Waals surface area (Å²) in [5.74, 6) is -0.808. The molecule has 0 bridgehead atoms. The van der Waals surface area contributed by atoms with Gasteiger partial charge in [0, 0.05) is 13.1 Å². The fourth-order valence-electron chi connectivity index (χ4n) is 1.52. The Bertz CT molecular complexity index is 313. The molecular weight excluding hydrogens is 243 g/mol. The number of carbonyl (C=O) groups is 1. The van der Waals surface area contributed by atoms with Gasteiger partial charge in [0.2, 0.25) is 0 Å². The van der Waals surface area contributed by atoms with Crippen molar-refractivity contribution in [1.82, 2.24) is 20.1 Å². The van der Waals surface area contributed by atoms with Crippen molar-refractivity contribution in [3.63, 3.8) is 0 Å². The Morgan fingerprint density at radius 2 is 2.20 bits per heavy atom. The standard InChI is InChI=1S/C7H10N4O2.2ClH/c12-6(13)1-7(2-8-3-7)11-5-9-4-10-11;;/h4-5,8H,1-3H2,(H,12,13);2*1H.